The summed E-state index contributed by atoms with van der Waals surface area (Å²) in [6.45, 7) is 7.86. The number of carbonyl (C=O) groups excluding carboxylic acids is 2. The van der Waals surface area contributed by atoms with Gasteiger partial charge in [-0.25, -0.2) is 0 Å². The Bertz CT molecular complexity index is 540. The molecule has 0 aliphatic carbocycles. The fourth-order valence-electron chi connectivity index (χ4n) is 2.18. The van der Waals surface area contributed by atoms with Gasteiger partial charge in [-0.15, -0.1) is 24.2 Å². The number of nitrogens with zero attached hydrogens (tertiary/aromatic N) is 2. The van der Waals surface area contributed by atoms with E-state index in [1.54, 1.807) is 19.9 Å². The molecule has 1 aliphatic heterocycles. The van der Waals surface area contributed by atoms with Crippen molar-refractivity contribution in [3.05, 3.63) is 11.8 Å². The van der Waals surface area contributed by atoms with Crippen LogP contribution in [-0.2, 0) is 9.59 Å². The number of thioether (sulfide) groups is 1. The number of rotatable bonds is 5. The summed E-state index contributed by atoms with van der Waals surface area (Å²) in [6, 6.07) is 1.97. The number of carbonyl (C=O) groups is 2. The summed E-state index contributed by atoms with van der Waals surface area (Å²) in [5.41, 5.74) is 0. The standard InChI is InChI=1S/C14H22N4O3S.ClH/c1-9-7-18(5-4-15-9)13(19)8-22-11(3)14(20)16-12-6-10(2)21-17-12;/h6,9,11,15H,4-5,7-8H2,1-3H3,(H,16,17,20);1H. The third-order valence-corrected chi connectivity index (χ3v) is 4.55. The number of aromatic nitrogens is 1. The van der Waals surface area contributed by atoms with Gasteiger partial charge in [0.25, 0.3) is 0 Å². The topological polar surface area (TPSA) is 87.5 Å². The van der Waals surface area contributed by atoms with Gasteiger partial charge >= 0.3 is 0 Å². The molecule has 0 radical (unpaired) electrons. The Hall–Kier alpha value is -1.25. The summed E-state index contributed by atoms with van der Waals surface area (Å²) in [5, 5.41) is 9.36. The maximum Gasteiger partial charge on any atom is 0.238 e. The molecule has 2 heterocycles. The SMILES string of the molecule is Cc1cc(NC(=O)C(C)SCC(=O)N2CCNC(C)C2)no1.Cl. The zero-order valence-electron chi connectivity index (χ0n) is 13.5. The molecule has 1 aromatic heterocycles. The lowest BCUT2D eigenvalue weighted by atomic mass is 10.2. The third kappa shape index (κ3) is 6.04. The first-order valence-electron chi connectivity index (χ1n) is 7.32. The molecule has 0 saturated carbocycles. The number of nitrogens with one attached hydrogen (secondary N) is 2. The highest BCUT2D eigenvalue weighted by molar-refractivity contribution is 8.01. The maximum absolute atomic E-state index is 12.2. The van der Waals surface area contributed by atoms with Crippen molar-refractivity contribution in [2.45, 2.75) is 32.1 Å². The Labute approximate surface area is 146 Å². The number of hydrogen-bond donors (Lipinski definition) is 2. The molecule has 1 aromatic rings. The lowest BCUT2D eigenvalue weighted by molar-refractivity contribution is -0.129. The van der Waals surface area contributed by atoms with E-state index in [1.165, 1.54) is 11.8 Å². The zero-order valence-corrected chi connectivity index (χ0v) is 15.1. The summed E-state index contributed by atoms with van der Waals surface area (Å²) in [6.07, 6.45) is 0. The van der Waals surface area contributed by atoms with E-state index in [0.717, 1.165) is 19.6 Å². The monoisotopic (exact) mass is 362 g/mol. The molecule has 1 aliphatic rings. The minimum Gasteiger partial charge on any atom is -0.360 e. The van der Waals surface area contributed by atoms with Crippen molar-refractivity contribution in [1.82, 2.24) is 15.4 Å². The Morgan fingerprint density at radius 3 is 2.96 bits per heavy atom. The van der Waals surface area contributed by atoms with Gasteiger partial charge < -0.3 is 20.1 Å². The highest BCUT2D eigenvalue weighted by Gasteiger charge is 2.22. The van der Waals surface area contributed by atoms with Gasteiger partial charge in [0, 0.05) is 31.7 Å². The molecule has 1 saturated heterocycles. The van der Waals surface area contributed by atoms with Crippen LogP contribution in [0.3, 0.4) is 0 Å². The second-order valence-corrected chi connectivity index (χ2v) is 6.79. The van der Waals surface area contributed by atoms with Crippen LogP contribution in [0.4, 0.5) is 5.82 Å². The van der Waals surface area contributed by atoms with Crippen molar-refractivity contribution in [1.29, 1.82) is 0 Å². The van der Waals surface area contributed by atoms with Crippen molar-refractivity contribution in [3.63, 3.8) is 0 Å². The lowest BCUT2D eigenvalue weighted by Gasteiger charge is -2.32. The molecule has 2 amide bonds. The number of piperazine rings is 1. The van der Waals surface area contributed by atoms with E-state index in [2.05, 4.69) is 22.7 Å². The molecule has 130 valence electrons. The van der Waals surface area contributed by atoms with Gasteiger partial charge in [-0.1, -0.05) is 5.16 Å². The number of amides is 2. The van der Waals surface area contributed by atoms with Crippen molar-refractivity contribution < 1.29 is 14.1 Å². The molecule has 2 N–H and O–H groups in total. The molecule has 1 fully saturated rings. The summed E-state index contributed by atoms with van der Waals surface area (Å²) in [4.78, 5) is 26.0. The van der Waals surface area contributed by atoms with E-state index in [0.29, 0.717) is 23.4 Å². The highest BCUT2D eigenvalue weighted by atomic mass is 35.5. The Kier molecular flexibility index (Phi) is 7.87. The van der Waals surface area contributed by atoms with Crippen LogP contribution in [0, 0.1) is 6.92 Å². The summed E-state index contributed by atoms with van der Waals surface area (Å²) >= 11 is 1.33. The fourth-order valence-corrected chi connectivity index (χ4v) is 2.96. The van der Waals surface area contributed by atoms with Gasteiger partial charge in [0.05, 0.1) is 11.0 Å². The largest absolute Gasteiger partial charge is 0.360 e. The number of halogens is 1. The predicted octanol–water partition coefficient (Wildman–Crippen LogP) is 1.29. The molecule has 0 spiro atoms. The van der Waals surface area contributed by atoms with Crippen molar-refractivity contribution >= 4 is 41.8 Å². The van der Waals surface area contributed by atoms with Crippen molar-refractivity contribution in [2.75, 3.05) is 30.7 Å². The van der Waals surface area contributed by atoms with E-state index >= 15 is 0 Å². The zero-order chi connectivity index (χ0) is 16.1. The second-order valence-electron chi connectivity index (χ2n) is 5.46. The first-order chi connectivity index (χ1) is 10.5. The highest BCUT2D eigenvalue weighted by Crippen LogP contribution is 2.15. The van der Waals surface area contributed by atoms with E-state index < -0.39 is 0 Å². The summed E-state index contributed by atoms with van der Waals surface area (Å²) in [7, 11) is 0. The molecule has 2 unspecified atom stereocenters. The van der Waals surface area contributed by atoms with E-state index in [4.69, 9.17) is 4.52 Å². The summed E-state index contributed by atoms with van der Waals surface area (Å²) in [5.74, 6) is 1.24. The van der Waals surface area contributed by atoms with E-state index in [9.17, 15) is 9.59 Å². The predicted molar refractivity (Wildman–Crippen MR) is 93.1 cm³/mol. The van der Waals surface area contributed by atoms with Crippen LogP contribution in [0.2, 0.25) is 0 Å². The molecule has 2 atom stereocenters. The molecule has 0 aromatic carbocycles. The van der Waals surface area contributed by atoms with Crippen LogP contribution in [-0.4, -0.2) is 58.5 Å². The maximum atomic E-state index is 12.2. The minimum absolute atomic E-state index is 0. The molecule has 2 rings (SSSR count). The average Bonchev–Trinajstić information content (AvgIpc) is 2.89. The molecule has 9 heteroatoms. The van der Waals surface area contributed by atoms with Gasteiger partial charge in [-0.2, -0.15) is 0 Å². The normalized spacial score (nSPS) is 18.9. The number of hydrogen-bond acceptors (Lipinski definition) is 6. The van der Waals surface area contributed by atoms with Crippen LogP contribution in [0.1, 0.15) is 19.6 Å². The van der Waals surface area contributed by atoms with Gasteiger partial charge in [0.15, 0.2) is 5.82 Å². The van der Waals surface area contributed by atoms with Gasteiger partial charge in [0.1, 0.15) is 5.76 Å². The second kappa shape index (κ2) is 9.14. The number of aryl methyl sites for hydroxylation is 1. The smallest absolute Gasteiger partial charge is 0.238 e. The van der Waals surface area contributed by atoms with Gasteiger partial charge in [0.2, 0.25) is 11.8 Å². The van der Waals surface area contributed by atoms with Crippen molar-refractivity contribution in [2.24, 2.45) is 0 Å². The minimum atomic E-state index is -0.332. The average molecular weight is 363 g/mol. The quantitative estimate of drug-likeness (QED) is 0.820. The first-order valence-corrected chi connectivity index (χ1v) is 8.37. The van der Waals surface area contributed by atoms with E-state index in [1.807, 2.05) is 4.90 Å². The van der Waals surface area contributed by atoms with Crippen LogP contribution >= 0.6 is 24.2 Å². The molecule has 0 bridgehead atoms. The van der Waals surface area contributed by atoms with Crippen LogP contribution in [0.5, 0.6) is 0 Å². The fraction of sp³-hybridized carbons (Fsp3) is 0.643. The molecular formula is C14H23ClN4O3S. The van der Waals surface area contributed by atoms with Gasteiger partial charge in [-0.05, 0) is 20.8 Å². The first kappa shape index (κ1) is 19.8. The number of anilines is 1. The van der Waals surface area contributed by atoms with Crippen LogP contribution in [0.25, 0.3) is 0 Å². The van der Waals surface area contributed by atoms with Crippen molar-refractivity contribution in [3.8, 4) is 0 Å². The molecule has 23 heavy (non-hydrogen) atoms. The van der Waals surface area contributed by atoms with Crippen LogP contribution in [0.15, 0.2) is 10.6 Å². The van der Waals surface area contributed by atoms with Gasteiger partial charge in [-0.3, -0.25) is 9.59 Å². The molecular weight excluding hydrogens is 340 g/mol. The summed E-state index contributed by atoms with van der Waals surface area (Å²) < 4.78 is 4.89. The Balaban J connectivity index is 0.00000264. The van der Waals surface area contributed by atoms with Crippen LogP contribution < -0.4 is 10.6 Å². The Morgan fingerprint density at radius 2 is 2.35 bits per heavy atom. The molecule has 7 nitrogen and oxygen atoms in total. The lowest BCUT2D eigenvalue weighted by Crippen LogP contribution is -2.51. The van der Waals surface area contributed by atoms with E-state index in [-0.39, 0.29) is 29.5 Å². The third-order valence-electron chi connectivity index (χ3n) is 3.43. The Morgan fingerprint density at radius 1 is 1.61 bits per heavy atom.